The number of hydrogen-bond donors (Lipinski definition) is 3. The average Bonchev–Trinajstić information content (AvgIpc) is 2.38. The highest BCUT2D eigenvalue weighted by molar-refractivity contribution is 5.89. The second-order valence-corrected chi connectivity index (χ2v) is 4.87. The Hall–Kier alpha value is -2.08. The van der Waals surface area contributed by atoms with Gasteiger partial charge in [0.25, 0.3) is 5.91 Å². The Morgan fingerprint density at radius 1 is 1.35 bits per heavy atom. The number of primary amides is 1. The normalized spacial score (nSPS) is 15.0. The number of nitrogens with two attached hydrogens (primary N) is 2. The molecule has 20 heavy (non-hydrogen) atoms. The maximum absolute atomic E-state index is 11.6. The van der Waals surface area contributed by atoms with Gasteiger partial charge in [-0.05, 0) is 24.1 Å². The summed E-state index contributed by atoms with van der Waals surface area (Å²) in [4.78, 5) is 22.7. The third-order valence-electron chi connectivity index (χ3n) is 3.27. The van der Waals surface area contributed by atoms with Crippen LogP contribution >= 0.6 is 0 Å². The molecule has 0 aliphatic heterocycles. The van der Waals surface area contributed by atoms with E-state index in [9.17, 15) is 9.59 Å². The van der Waals surface area contributed by atoms with Crippen LogP contribution in [0, 0.1) is 5.92 Å². The smallest absolute Gasteiger partial charge is 0.258 e. The second-order valence-electron chi connectivity index (χ2n) is 4.87. The molecule has 1 rings (SSSR count). The second kappa shape index (κ2) is 6.38. The standard InChI is InChI=1S/C14H21N3O3/c1-9(14(16,13(15)19)17-10(2)18)8-11-4-6-12(20-3)7-5-11/h4-7,9H,8,16H2,1-3H3,(H2,15,19)(H,17,18)/t9-,14?/m0/s1. The molecule has 6 nitrogen and oxygen atoms in total. The van der Waals surface area contributed by atoms with E-state index in [-0.39, 0.29) is 5.92 Å². The molecule has 0 bridgehead atoms. The molecule has 6 heteroatoms. The van der Waals surface area contributed by atoms with Gasteiger partial charge in [-0.2, -0.15) is 0 Å². The van der Waals surface area contributed by atoms with Crippen LogP contribution in [-0.2, 0) is 16.0 Å². The van der Waals surface area contributed by atoms with E-state index in [1.165, 1.54) is 6.92 Å². The quantitative estimate of drug-likeness (QED) is 0.644. The zero-order valence-electron chi connectivity index (χ0n) is 12.0. The average molecular weight is 279 g/mol. The third kappa shape index (κ3) is 3.71. The SMILES string of the molecule is COc1ccc(C[C@H](C)C(N)(NC(C)=O)C(N)=O)cc1. The Balaban J connectivity index is 2.87. The molecule has 1 unspecified atom stereocenters. The van der Waals surface area contributed by atoms with E-state index >= 15 is 0 Å². The summed E-state index contributed by atoms with van der Waals surface area (Å²) in [5.74, 6) is -0.754. The van der Waals surface area contributed by atoms with Gasteiger partial charge >= 0.3 is 0 Å². The van der Waals surface area contributed by atoms with Crippen LogP contribution in [0.25, 0.3) is 0 Å². The number of carbonyl (C=O) groups is 2. The maximum atomic E-state index is 11.6. The molecular weight excluding hydrogens is 258 g/mol. The van der Waals surface area contributed by atoms with Crippen molar-refractivity contribution in [3.05, 3.63) is 29.8 Å². The first kappa shape index (κ1) is 16.0. The van der Waals surface area contributed by atoms with Gasteiger partial charge in [-0.25, -0.2) is 0 Å². The van der Waals surface area contributed by atoms with Crippen LogP contribution in [-0.4, -0.2) is 24.6 Å². The molecular formula is C14H21N3O3. The summed E-state index contributed by atoms with van der Waals surface area (Å²) in [7, 11) is 1.59. The lowest BCUT2D eigenvalue weighted by Gasteiger charge is -2.33. The van der Waals surface area contributed by atoms with Crippen molar-refractivity contribution < 1.29 is 14.3 Å². The van der Waals surface area contributed by atoms with E-state index in [0.29, 0.717) is 6.42 Å². The molecule has 5 N–H and O–H groups in total. The monoisotopic (exact) mass is 279 g/mol. The molecule has 110 valence electrons. The van der Waals surface area contributed by atoms with Crippen molar-refractivity contribution >= 4 is 11.8 Å². The van der Waals surface area contributed by atoms with Crippen LogP contribution in [0.2, 0.25) is 0 Å². The van der Waals surface area contributed by atoms with Gasteiger partial charge in [0.05, 0.1) is 7.11 Å². The summed E-state index contributed by atoms with van der Waals surface area (Å²) in [5.41, 5.74) is 10.7. The molecule has 0 aliphatic rings. The van der Waals surface area contributed by atoms with Crippen molar-refractivity contribution in [2.75, 3.05) is 7.11 Å². The van der Waals surface area contributed by atoms with Crippen molar-refractivity contribution in [1.82, 2.24) is 5.32 Å². The lowest BCUT2D eigenvalue weighted by molar-refractivity contribution is -0.132. The Morgan fingerprint density at radius 3 is 2.30 bits per heavy atom. The highest BCUT2D eigenvalue weighted by Crippen LogP contribution is 2.19. The molecule has 2 amide bonds. The van der Waals surface area contributed by atoms with Crippen LogP contribution in [0.3, 0.4) is 0 Å². The van der Waals surface area contributed by atoms with Crippen LogP contribution < -0.4 is 21.5 Å². The molecule has 0 saturated carbocycles. The predicted octanol–water partition coefficient (Wildman–Crippen LogP) is 0.150. The molecule has 1 aromatic carbocycles. The van der Waals surface area contributed by atoms with Gasteiger partial charge in [0.15, 0.2) is 5.66 Å². The predicted molar refractivity (Wildman–Crippen MR) is 75.8 cm³/mol. The highest BCUT2D eigenvalue weighted by Gasteiger charge is 2.38. The van der Waals surface area contributed by atoms with Gasteiger partial charge < -0.3 is 21.5 Å². The fraction of sp³-hybridized carbons (Fsp3) is 0.429. The van der Waals surface area contributed by atoms with E-state index < -0.39 is 17.5 Å². The number of rotatable bonds is 6. The number of ether oxygens (including phenoxy) is 1. The third-order valence-corrected chi connectivity index (χ3v) is 3.27. The molecule has 0 aromatic heterocycles. The number of amides is 2. The van der Waals surface area contributed by atoms with Crippen molar-refractivity contribution in [3.63, 3.8) is 0 Å². The fourth-order valence-electron chi connectivity index (χ4n) is 2.00. The number of carbonyl (C=O) groups excluding carboxylic acids is 2. The summed E-state index contributed by atoms with van der Waals surface area (Å²) >= 11 is 0. The van der Waals surface area contributed by atoms with Gasteiger partial charge in [-0.1, -0.05) is 19.1 Å². The van der Waals surface area contributed by atoms with E-state index in [4.69, 9.17) is 16.2 Å². The largest absolute Gasteiger partial charge is 0.497 e. The van der Waals surface area contributed by atoms with Gasteiger partial charge in [-0.15, -0.1) is 0 Å². The van der Waals surface area contributed by atoms with E-state index in [2.05, 4.69) is 5.32 Å². The lowest BCUT2D eigenvalue weighted by atomic mass is 9.88. The molecule has 1 aromatic rings. The van der Waals surface area contributed by atoms with E-state index in [0.717, 1.165) is 11.3 Å². The zero-order valence-corrected chi connectivity index (χ0v) is 12.0. The maximum Gasteiger partial charge on any atom is 0.258 e. The Bertz CT molecular complexity index is 487. The number of methoxy groups -OCH3 is 1. The number of benzene rings is 1. The molecule has 0 radical (unpaired) electrons. The van der Waals surface area contributed by atoms with E-state index in [1.54, 1.807) is 14.0 Å². The summed E-state index contributed by atoms with van der Waals surface area (Å²) in [5, 5.41) is 2.44. The topological polar surface area (TPSA) is 107 Å². The minimum Gasteiger partial charge on any atom is -0.497 e. The van der Waals surface area contributed by atoms with Crippen LogP contribution in [0.1, 0.15) is 19.4 Å². The fourth-order valence-corrected chi connectivity index (χ4v) is 2.00. The number of hydrogen-bond acceptors (Lipinski definition) is 4. The minimum atomic E-state index is -1.56. The number of nitrogens with one attached hydrogen (secondary N) is 1. The van der Waals surface area contributed by atoms with Crippen LogP contribution in [0.4, 0.5) is 0 Å². The first-order valence-electron chi connectivity index (χ1n) is 6.30. The molecule has 0 spiro atoms. The van der Waals surface area contributed by atoms with Gasteiger partial charge in [-0.3, -0.25) is 9.59 Å². The lowest BCUT2D eigenvalue weighted by Crippen LogP contribution is -2.67. The van der Waals surface area contributed by atoms with Crippen molar-refractivity contribution in [1.29, 1.82) is 0 Å². The molecule has 0 fully saturated rings. The van der Waals surface area contributed by atoms with Crippen LogP contribution in [0.5, 0.6) is 5.75 Å². The summed E-state index contributed by atoms with van der Waals surface area (Å²) in [6.07, 6.45) is 0.504. The molecule has 0 heterocycles. The van der Waals surface area contributed by atoms with Crippen molar-refractivity contribution in [2.24, 2.45) is 17.4 Å². The Kier molecular flexibility index (Phi) is 5.10. The molecule has 0 saturated heterocycles. The summed E-state index contributed by atoms with van der Waals surface area (Å²) in [6, 6.07) is 7.40. The van der Waals surface area contributed by atoms with Gasteiger partial charge in [0.1, 0.15) is 5.75 Å². The first-order valence-corrected chi connectivity index (χ1v) is 6.30. The highest BCUT2D eigenvalue weighted by atomic mass is 16.5. The van der Waals surface area contributed by atoms with Crippen molar-refractivity contribution in [2.45, 2.75) is 25.9 Å². The summed E-state index contributed by atoms with van der Waals surface area (Å²) in [6.45, 7) is 3.07. The first-order chi connectivity index (χ1) is 9.29. The van der Waals surface area contributed by atoms with Crippen molar-refractivity contribution in [3.8, 4) is 5.75 Å². The van der Waals surface area contributed by atoms with Gasteiger partial charge in [0, 0.05) is 12.8 Å². The molecule has 0 aliphatic carbocycles. The Labute approximate surface area is 118 Å². The van der Waals surface area contributed by atoms with Gasteiger partial charge in [0.2, 0.25) is 5.91 Å². The molecule has 2 atom stereocenters. The Morgan fingerprint density at radius 2 is 1.90 bits per heavy atom. The summed E-state index contributed by atoms with van der Waals surface area (Å²) < 4.78 is 5.08. The zero-order chi connectivity index (χ0) is 15.3. The van der Waals surface area contributed by atoms with Crippen LogP contribution in [0.15, 0.2) is 24.3 Å². The minimum absolute atomic E-state index is 0.350. The van der Waals surface area contributed by atoms with E-state index in [1.807, 2.05) is 24.3 Å².